The second-order valence-electron chi connectivity index (χ2n) is 4.15. The summed E-state index contributed by atoms with van der Waals surface area (Å²) in [6.07, 6.45) is 1.76. The SMILES string of the molecule is CCN(c1cccc(F)c1)c1ncc(C)cc1N. The Kier molecular flexibility index (Phi) is 3.46. The predicted octanol–water partition coefficient (Wildman–Crippen LogP) is 3.27. The second-order valence-corrected chi connectivity index (χ2v) is 4.15. The Morgan fingerprint density at radius 2 is 2.11 bits per heavy atom. The van der Waals surface area contributed by atoms with E-state index in [0.29, 0.717) is 18.1 Å². The number of nitrogen functional groups attached to an aromatic ring is 1. The number of nitrogens with zero attached hydrogens (tertiary/aromatic N) is 2. The van der Waals surface area contributed by atoms with Crippen molar-refractivity contribution in [2.24, 2.45) is 0 Å². The molecule has 0 bridgehead atoms. The highest BCUT2D eigenvalue weighted by Gasteiger charge is 2.12. The Hall–Kier alpha value is -2.10. The lowest BCUT2D eigenvalue weighted by atomic mass is 10.2. The van der Waals surface area contributed by atoms with Crippen LogP contribution >= 0.6 is 0 Å². The average molecular weight is 245 g/mol. The Morgan fingerprint density at radius 1 is 1.33 bits per heavy atom. The molecule has 0 radical (unpaired) electrons. The van der Waals surface area contributed by atoms with E-state index in [0.717, 1.165) is 11.3 Å². The maximum atomic E-state index is 13.3. The van der Waals surface area contributed by atoms with Crippen molar-refractivity contribution in [3.8, 4) is 0 Å². The highest BCUT2D eigenvalue weighted by Crippen LogP contribution is 2.28. The van der Waals surface area contributed by atoms with E-state index in [1.54, 1.807) is 12.3 Å². The van der Waals surface area contributed by atoms with Gasteiger partial charge in [-0.05, 0) is 43.7 Å². The van der Waals surface area contributed by atoms with E-state index in [4.69, 9.17) is 5.73 Å². The maximum Gasteiger partial charge on any atom is 0.156 e. The van der Waals surface area contributed by atoms with Crippen molar-refractivity contribution in [3.05, 3.63) is 47.9 Å². The average Bonchev–Trinajstić information content (AvgIpc) is 2.33. The molecule has 0 atom stereocenters. The van der Waals surface area contributed by atoms with Crippen LogP contribution in [0.5, 0.6) is 0 Å². The molecule has 0 spiro atoms. The zero-order valence-corrected chi connectivity index (χ0v) is 10.5. The highest BCUT2D eigenvalue weighted by atomic mass is 19.1. The van der Waals surface area contributed by atoms with Crippen LogP contribution in [0.15, 0.2) is 36.5 Å². The van der Waals surface area contributed by atoms with Crippen molar-refractivity contribution in [2.45, 2.75) is 13.8 Å². The molecule has 94 valence electrons. The molecule has 0 saturated heterocycles. The molecule has 1 heterocycles. The normalized spacial score (nSPS) is 10.4. The van der Waals surface area contributed by atoms with E-state index in [1.807, 2.05) is 30.9 Å². The maximum absolute atomic E-state index is 13.3. The van der Waals surface area contributed by atoms with Gasteiger partial charge < -0.3 is 10.6 Å². The summed E-state index contributed by atoms with van der Waals surface area (Å²) in [4.78, 5) is 6.22. The molecule has 0 aliphatic rings. The number of aromatic nitrogens is 1. The molecule has 3 nitrogen and oxygen atoms in total. The van der Waals surface area contributed by atoms with E-state index in [-0.39, 0.29) is 5.82 Å². The summed E-state index contributed by atoms with van der Waals surface area (Å²) < 4.78 is 13.3. The fourth-order valence-electron chi connectivity index (χ4n) is 1.91. The summed E-state index contributed by atoms with van der Waals surface area (Å²) >= 11 is 0. The number of nitrogens with two attached hydrogens (primary N) is 1. The van der Waals surface area contributed by atoms with Crippen molar-refractivity contribution in [2.75, 3.05) is 17.2 Å². The summed E-state index contributed by atoms with van der Waals surface area (Å²) in [5, 5.41) is 0. The van der Waals surface area contributed by atoms with Gasteiger partial charge in [-0.3, -0.25) is 0 Å². The fraction of sp³-hybridized carbons (Fsp3) is 0.214. The predicted molar refractivity (Wildman–Crippen MR) is 72.5 cm³/mol. The van der Waals surface area contributed by atoms with Crippen molar-refractivity contribution >= 4 is 17.2 Å². The Labute approximate surface area is 106 Å². The van der Waals surface area contributed by atoms with E-state index in [9.17, 15) is 4.39 Å². The molecule has 18 heavy (non-hydrogen) atoms. The standard InChI is InChI=1S/C14H16FN3/c1-3-18(12-6-4-5-11(15)8-12)14-13(16)7-10(2)9-17-14/h4-9H,3,16H2,1-2H3. The molecule has 2 rings (SSSR count). The van der Waals surface area contributed by atoms with Gasteiger partial charge in [-0.1, -0.05) is 6.07 Å². The van der Waals surface area contributed by atoms with Gasteiger partial charge in [-0.25, -0.2) is 9.37 Å². The van der Waals surface area contributed by atoms with E-state index in [2.05, 4.69) is 4.98 Å². The van der Waals surface area contributed by atoms with Crippen LogP contribution in [0.4, 0.5) is 21.6 Å². The molecule has 2 aromatic rings. The minimum atomic E-state index is -0.267. The highest BCUT2D eigenvalue weighted by molar-refractivity contribution is 5.71. The molecule has 0 fully saturated rings. The Morgan fingerprint density at radius 3 is 2.72 bits per heavy atom. The molecular weight excluding hydrogens is 229 g/mol. The molecule has 0 amide bonds. The smallest absolute Gasteiger partial charge is 0.156 e. The van der Waals surface area contributed by atoms with Crippen LogP contribution in [-0.4, -0.2) is 11.5 Å². The van der Waals surface area contributed by atoms with Crippen LogP contribution < -0.4 is 10.6 Å². The zero-order valence-electron chi connectivity index (χ0n) is 10.5. The molecular formula is C14H16FN3. The lowest BCUT2D eigenvalue weighted by Gasteiger charge is -2.23. The molecule has 1 aromatic heterocycles. The molecule has 0 unspecified atom stereocenters. The molecule has 0 aliphatic carbocycles. The lowest BCUT2D eigenvalue weighted by molar-refractivity contribution is 0.627. The van der Waals surface area contributed by atoms with Crippen molar-refractivity contribution in [1.29, 1.82) is 0 Å². The number of aryl methyl sites for hydroxylation is 1. The van der Waals surface area contributed by atoms with Crippen LogP contribution in [-0.2, 0) is 0 Å². The van der Waals surface area contributed by atoms with Gasteiger partial charge in [0.2, 0.25) is 0 Å². The van der Waals surface area contributed by atoms with Gasteiger partial charge in [0.1, 0.15) is 5.82 Å². The van der Waals surface area contributed by atoms with Gasteiger partial charge in [-0.15, -0.1) is 0 Å². The largest absolute Gasteiger partial charge is 0.396 e. The lowest BCUT2D eigenvalue weighted by Crippen LogP contribution is -2.19. The number of halogens is 1. The first-order chi connectivity index (χ1) is 8.61. The van der Waals surface area contributed by atoms with Gasteiger partial charge in [-0.2, -0.15) is 0 Å². The second kappa shape index (κ2) is 5.04. The third-order valence-corrected chi connectivity index (χ3v) is 2.72. The number of benzene rings is 1. The third kappa shape index (κ3) is 2.42. The first-order valence-electron chi connectivity index (χ1n) is 5.87. The summed E-state index contributed by atoms with van der Waals surface area (Å²) in [7, 11) is 0. The summed E-state index contributed by atoms with van der Waals surface area (Å²) in [5.41, 5.74) is 8.33. The van der Waals surface area contributed by atoms with Crippen LogP contribution in [0.25, 0.3) is 0 Å². The number of anilines is 3. The quantitative estimate of drug-likeness (QED) is 0.902. The number of rotatable bonds is 3. The first kappa shape index (κ1) is 12.4. The van der Waals surface area contributed by atoms with Crippen LogP contribution in [0.3, 0.4) is 0 Å². The Bertz CT molecular complexity index is 554. The molecule has 1 aromatic carbocycles. The Balaban J connectivity index is 2.45. The van der Waals surface area contributed by atoms with Crippen molar-refractivity contribution < 1.29 is 4.39 Å². The number of pyridine rings is 1. The minimum absolute atomic E-state index is 0.267. The number of hydrogen-bond acceptors (Lipinski definition) is 3. The van der Waals surface area contributed by atoms with Gasteiger partial charge in [0.25, 0.3) is 0 Å². The van der Waals surface area contributed by atoms with Crippen molar-refractivity contribution in [3.63, 3.8) is 0 Å². The van der Waals surface area contributed by atoms with Crippen LogP contribution in [0, 0.1) is 12.7 Å². The van der Waals surface area contributed by atoms with E-state index >= 15 is 0 Å². The molecule has 0 saturated carbocycles. The molecule has 4 heteroatoms. The van der Waals surface area contributed by atoms with E-state index in [1.165, 1.54) is 12.1 Å². The van der Waals surface area contributed by atoms with Gasteiger partial charge >= 0.3 is 0 Å². The zero-order chi connectivity index (χ0) is 13.1. The van der Waals surface area contributed by atoms with Crippen LogP contribution in [0.2, 0.25) is 0 Å². The van der Waals surface area contributed by atoms with Crippen molar-refractivity contribution in [1.82, 2.24) is 4.98 Å². The molecule has 0 aliphatic heterocycles. The van der Waals surface area contributed by atoms with Gasteiger partial charge in [0, 0.05) is 18.4 Å². The van der Waals surface area contributed by atoms with Crippen LogP contribution in [0.1, 0.15) is 12.5 Å². The van der Waals surface area contributed by atoms with Gasteiger partial charge in [0.05, 0.1) is 5.69 Å². The monoisotopic (exact) mass is 245 g/mol. The number of hydrogen-bond donors (Lipinski definition) is 1. The van der Waals surface area contributed by atoms with E-state index < -0.39 is 0 Å². The van der Waals surface area contributed by atoms with Gasteiger partial charge in [0.15, 0.2) is 5.82 Å². The first-order valence-corrected chi connectivity index (χ1v) is 5.87. The summed E-state index contributed by atoms with van der Waals surface area (Å²) in [6.45, 7) is 4.58. The summed E-state index contributed by atoms with van der Waals surface area (Å²) in [5.74, 6) is 0.394. The minimum Gasteiger partial charge on any atom is -0.396 e. The summed E-state index contributed by atoms with van der Waals surface area (Å²) in [6, 6.07) is 8.28. The third-order valence-electron chi connectivity index (χ3n) is 2.72. The molecule has 2 N–H and O–H groups in total. The fourth-order valence-corrected chi connectivity index (χ4v) is 1.91. The topological polar surface area (TPSA) is 42.2 Å².